The minimum Gasteiger partial charge on any atom is -0.209 e. The summed E-state index contributed by atoms with van der Waals surface area (Å²) in [7, 11) is 0. The van der Waals surface area contributed by atoms with Gasteiger partial charge in [0.1, 0.15) is 11.6 Å². The molecule has 1 saturated carbocycles. The van der Waals surface area contributed by atoms with Crippen molar-refractivity contribution in [2.75, 3.05) is 0 Å². The zero-order valence-electron chi connectivity index (χ0n) is 14.6. The second kappa shape index (κ2) is 7.79. The molecule has 0 aliphatic heterocycles. The molecule has 27 heavy (non-hydrogen) atoms. The highest BCUT2D eigenvalue weighted by molar-refractivity contribution is 5.61. The summed E-state index contributed by atoms with van der Waals surface area (Å²) >= 11 is 0. The summed E-state index contributed by atoms with van der Waals surface area (Å²) in [5.74, 6) is -6.89. The highest BCUT2D eigenvalue weighted by Crippen LogP contribution is 2.42. The van der Waals surface area contributed by atoms with Crippen LogP contribution in [0.25, 0.3) is 5.83 Å². The van der Waals surface area contributed by atoms with Gasteiger partial charge in [0.25, 0.3) is 0 Å². The molecule has 0 aromatic heterocycles. The van der Waals surface area contributed by atoms with E-state index in [0.717, 1.165) is 25.1 Å². The highest BCUT2D eigenvalue weighted by Gasteiger charge is 2.27. The zero-order chi connectivity index (χ0) is 19.7. The Bertz CT molecular complexity index is 851. The van der Waals surface area contributed by atoms with Gasteiger partial charge in [0, 0.05) is 5.56 Å². The minimum atomic E-state index is -1.49. The van der Waals surface area contributed by atoms with E-state index in [4.69, 9.17) is 0 Å². The molecule has 0 bridgehead atoms. The van der Waals surface area contributed by atoms with Crippen LogP contribution in [0, 0.1) is 23.3 Å². The number of halogens is 6. The lowest BCUT2D eigenvalue weighted by atomic mass is 9.76. The van der Waals surface area contributed by atoms with Crippen molar-refractivity contribution < 1.29 is 26.3 Å². The van der Waals surface area contributed by atoms with Gasteiger partial charge in [-0.25, -0.2) is 26.3 Å². The first-order chi connectivity index (χ1) is 12.8. The second-order valence-electron chi connectivity index (χ2n) is 6.93. The molecule has 144 valence electrons. The average Bonchev–Trinajstić information content (AvgIpc) is 2.65. The largest absolute Gasteiger partial charge is 0.209 e. The van der Waals surface area contributed by atoms with E-state index in [1.165, 1.54) is 12.1 Å². The van der Waals surface area contributed by atoms with Crippen LogP contribution in [0.15, 0.2) is 36.2 Å². The van der Waals surface area contributed by atoms with Gasteiger partial charge in [0.2, 0.25) is 0 Å². The van der Waals surface area contributed by atoms with Crippen molar-refractivity contribution in [1.29, 1.82) is 0 Å². The molecule has 2 aromatic rings. The Morgan fingerprint density at radius 2 is 1.33 bits per heavy atom. The zero-order valence-corrected chi connectivity index (χ0v) is 14.6. The molecule has 0 saturated heterocycles. The second-order valence-corrected chi connectivity index (χ2v) is 6.93. The molecule has 0 N–H and O–H groups in total. The molecule has 0 spiro atoms. The van der Waals surface area contributed by atoms with Crippen LogP contribution in [0.1, 0.15) is 61.1 Å². The Kier molecular flexibility index (Phi) is 5.63. The molecule has 0 nitrogen and oxygen atoms in total. The normalized spacial score (nSPS) is 21.1. The van der Waals surface area contributed by atoms with Crippen molar-refractivity contribution in [2.45, 2.75) is 44.4 Å². The Hall–Kier alpha value is -2.24. The third kappa shape index (κ3) is 4.04. The first-order valence-electron chi connectivity index (χ1n) is 8.74. The maximum Gasteiger partial charge on any atom is 0.194 e. The number of hydrogen-bond acceptors (Lipinski definition) is 0. The Morgan fingerprint density at radius 3 is 1.85 bits per heavy atom. The lowest BCUT2D eigenvalue weighted by molar-refractivity contribution is 0.382. The van der Waals surface area contributed by atoms with E-state index in [2.05, 4.69) is 0 Å². The third-order valence-corrected chi connectivity index (χ3v) is 5.20. The number of benzene rings is 2. The summed E-state index contributed by atoms with van der Waals surface area (Å²) in [5.41, 5.74) is 0.659. The van der Waals surface area contributed by atoms with Gasteiger partial charge >= 0.3 is 0 Å². The predicted molar refractivity (Wildman–Crippen MR) is 91.5 cm³/mol. The van der Waals surface area contributed by atoms with E-state index in [1.54, 1.807) is 0 Å². The standard InChI is InChI=1S/C21H18F6/c1-11(22)20(26)14-6-7-16(17(23)8-14)13-4-2-12(3-5-13)15-9-18(24)21(27)19(25)10-15/h6-10,12-13H,2-5H2,1H3. The van der Waals surface area contributed by atoms with Crippen LogP contribution < -0.4 is 0 Å². The van der Waals surface area contributed by atoms with Gasteiger partial charge in [-0.15, -0.1) is 0 Å². The molecule has 6 heteroatoms. The van der Waals surface area contributed by atoms with Crippen LogP contribution >= 0.6 is 0 Å². The summed E-state index contributed by atoms with van der Waals surface area (Å²) in [5, 5.41) is 0. The highest BCUT2D eigenvalue weighted by atomic mass is 19.2. The molecular weight excluding hydrogens is 366 g/mol. The monoisotopic (exact) mass is 384 g/mol. The smallest absolute Gasteiger partial charge is 0.194 e. The van der Waals surface area contributed by atoms with E-state index < -0.39 is 34.9 Å². The SMILES string of the molecule is CC(F)=C(F)c1ccc(C2CCC(c3cc(F)c(F)c(F)c3)CC2)c(F)c1. The summed E-state index contributed by atoms with van der Waals surface area (Å²) < 4.78 is 80.9. The van der Waals surface area contributed by atoms with Gasteiger partial charge in [0.05, 0.1) is 0 Å². The number of hydrogen-bond donors (Lipinski definition) is 0. The molecule has 0 radical (unpaired) electrons. The number of rotatable bonds is 3. The van der Waals surface area contributed by atoms with Crippen molar-refractivity contribution in [3.8, 4) is 0 Å². The fraction of sp³-hybridized carbons (Fsp3) is 0.333. The molecule has 0 atom stereocenters. The molecule has 1 fully saturated rings. The predicted octanol–water partition coefficient (Wildman–Crippen LogP) is 7.31. The van der Waals surface area contributed by atoms with E-state index in [1.807, 2.05) is 0 Å². The summed E-state index contributed by atoms with van der Waals surface area (Å²) in [6.07, 6.45) is 2.27. The van der Waals surface area contributed by atoms with Crippen LogP contribution in [-0.2, 0) is 0 Å². The molecule has 0 amide bonds. The summed E-state index contributed by atoms with van der Waals surface area (Å²) in [4.78, 5) is 0. The Morgan fingerprint density at radius 1 is 0.778 bits per heavy atom. The van der Waals surface area contributed by atoms with Gasteiger partial charge in [-0.2, -0.15) is 0 Å². The van der Waals surface area contributed by atoms with Crippen molar-refractivity contribution in [3.05, 3.63) is 76.1 Å². The molecular formula is C21H18F6. The first-order valence-corrected chi connectivity index (χ1v) is 8.74. The van der Waals surface area contributed by atoms with Crippen LogP contribution in [0.5, 0.6) is 0 Å². The van der Waals surface area contributed by atoms with Crippen molar-refractivity contribution >= 4 is 5.83 Å². The van der Waals surface area contributed by atoms with Crippen LogP contribution in [0.3, 0.4) is 0 Å². The lowest BCUT2D eigenvalue weighted by Crippen LogP contribution is -2.14. The van der Waals surface area contributed by atoms with Crippen molar-refractivity contribution in [1.82, 2.24) is 0 Å². The van der Waals surface area contributed by atoms with Crippen LogP contribution in [0.2, 0.25) is 0 Å². The topological polar surface area (TPSA) is 0 Å². The van der Waals surface area contributed by atoms with E-state index in [9.17, 15) is 26.3 Å². The van der Waals surface area contributed by atoms with Crippen LogP contribution in [0.4, 0.5) is 26.3 Å². The van der Waals surface area contributed by atoms with Crippen molar-refractivity contribution in [3.63, 3.8) is 0 Å². The van der Waals surface area contributed by atoms with Gasteiger partial charge in [0.15, 0.2) is 23.3 Å². The number of allylic oxidation sites excluding steroid dienone is 1. The fourth-order valence-electron chi connectivity index (χ4n) is 3.74. The van der Waals surface area contributed by atoms with Gasteiger partial charge in [-0.3, -0.25) is 0 Å². The maximum absolute atomic E-state index is 14.4. The maximum atomic E-state index is 14.4. The molecule has 1 aliphatic rings. The van der Waals surface area contributed by atoms with Crippen LogP contribution in [-0.4, -0.2) is 0 Å². The molecule has 0 unspecified atom stereocenters. The Labute approximate surface area is 153 Å². The lowest BCUT2D eigenvalue weighted by Gasteiger charge is -2.29. The molecule has 1 aliphatic carbocycles. The fourth-order valence-corrected chi connectivity index (χ4v) is 3.74. The minimum absolute atomic E-state index is 0.121. The molecule has 2 aromatic carbocycles. The van der Waals surface area contributed by atoms with E-state index in [-0.39, 0.29) is 17.4 Å². The summed E-state index contributed by atoms with van der Waals surface area (Å²) in [6, 6.07) is 5.79. The third-order valence-electron chi connectivity index (χ3n) is 5.20. The Balaban J connectivity index is 1.74. The molecule has 0 heterocycles. The molecule has 3 rings (SSSR count). The van der Waals surface area contributed by atoms with E-state index in [0.29, 0.717) is 36.8 Å². The summed E-state index contributed by atoms with van der Waals surface area (Å²) in [6.45, 7) is 0.962. The van der Waals surface area contributed by atoms with Gasteiger partial charge < -0.3 is 0 Å². The van der Waals surface area contributed by atoms with Crippen molar-refractivity contribution in [2.24, 2.45) is 0 Å². The van der Waals surface area contributed by atoms with Gasteiger partial charge in [-0.1, -0.05) is 12.1 Å². The van der Waals surface area contributed by atoms with E-state index >= 15 is 0 Å². The quantitative estimate of drug-likeness (QED) is 0.384. The average molecular weight is 384 g/mol. The van der Waals surface area contributed by atoms with Gasteiger partial charge in [-0.05, 0) is 73.8 Å². The first kappa shape index (κ1) is 19.5.